The normalized spacial score (nSPS) is 12.0. The molecule has 0 aromatic carbocycles. The Balaban J connectivity index is 3.48. The van der Waals surface area contributed by atoms with Crippen LogP contribution in [0.1, 0.15) is 97.8 Å². The van der Waals surface area contributed by atoms with Crippen LogP contribution in [0.15, 0.2) is 0 Å². The molecule has 0 heterocycles. The van der Waals surface area contributed by atoms with Gasteiger partial charge in [0.2, 0.25) is 11.8 Å². The fourth-order valence-electron chi connectivity index (χ4n) is 2.98. The average Bonchev–Trinajstić information content (AvgIpc) is 2.70. The third kappa shape index (κ3) is 21.4. The quantitative estimate of drug-likeness (QED) is 0.274. The molecule has 2 amide bonds. The summed E-state index contributed by atoms with van der Waals surface area (Å²) in [5.74, 6) is -0.284. The van der Waals surface area contributed by atoms with Crippen molar-refractivity contribution in [3.05, 3.63) is 0 Å². The molecule has 0 aromatic rings. The Kier molecular flexibility index (Phi) is 20.7. The lowest BCUT2D eigenvalue weighted by atomic mass is 10.1. The minimum Gasteiger partial charge on any atom is -0.372 e. The van der Waals surface area contributed by atoms with Gasteiger partial charge in [0.25, 0.3) is 0 Å². The smallest absolute Gasteiger partial charge is 0.246 e. The van der Waals surface area contributed by atoms with Crippen molar-refractivity contribution >= 4 is 11.8 Å². The number of nitrogens with one attached hydrogen (secondary N) is 2. The molecule has 0 spiro atoms. The van der Waals surface area contributed by atoms with Gasteiger partial charge in [-0.25, -0.2) is 0 Å². The summed E-state index contributed by atoms with van der Waals surface area (Å²) in [7, 11) is 0. The summed E-state index contributed by atoms with van der Waals surface area (Å²) in [5, 5.41) is 5.62. The molecule has 6 nitrogen and oxygen atoms in total. The predicted octanol–water partition coefficient (Wildman–Crippen LogP) is 4.36. The molecule has 0 saturated heterocycles. The van der Waals surface area contributed by atoms with Crippen molar-refractivity contribution < 1.29 is 19.1 Å². The summed E-state index contributed by atoms with van der Waals surface area (Å²) in [6.07, 6.45) is 14.5. The van der Waals surface area contributed by atoms with E-state index in [1.54, 1.807) is 0 Å². The zero-order valence-corrected chi connectivity index (χ0v) is 19.2. The van der Waals surface area contributed by atoms with E-state index in [1.807, 2.05) is 6.92 Å². The van der Waals surface area contributed by atoms with E-state index in [9.17, 15) is 9.59 Å². The average molecular weight is 415 g/mol. The molecule has 172 valence electrons. The Morgan fingerprint density at radius 3 is 1.66 bits per heavy atom. The van der Waals surface area contributed by atoms with Crippen LogP contribution < -0.4 is 10.6 Å². The number of hydrogen-bond acceptors (Lipinski definition) is 4. The molecule has 0 aliphatic rings. The second-order valence-electron chi connectivity index (χ2n) is 7.91. The van der Waals surface area contributed by atoms with Crippen molar-refractivity contribution in [3.8, 4) is 0 Å². The third-order valence-corrected chi connectivity index (χ3v) is 4.76. The summed E-state index contributed by atoms with van der Waals surface area (Å²) < 4.78 is 10.8. The standard InChI is InChI=1S/C23H46N2O4/c1-4-6-8-10-12-14-16-28-19-22(26)24-18-21(3)25-23(27)20-29-17-15-13-11-9-7-5-2/h21H,4-20H2,1-3H3,(H,24,26)(H,25,27). The van der Waals surface area contributed by atoms with Crippen molar-refractivity contribution in [1.82, 2.24) is 10.6 Å². The highest BCUT2D eigenvalue weighted by Gasteiger charge is 2.09. The zero-order chi connectivity index (χ0) is 21.6. The van der Waals surface area contributed by atoms with Crippen LogP contribution in [0.25, 0.3) is 0 Å². The van der Waals surface area contributed by atoms with Crippen LogP contribution in [0.3, 0.4) is 0 Å². The number of unbranched alkanes of at least 4 members (excludes halogenated alkanes) is 10. The van der Waals surface area contributed by atoms with Gasteiger partial charge in [-0.1, -0.05) is 78.1 Å². The molecule has 0 fully saturated rings. The largest absolute Gasteiger partial charge is 0.372 e. The van der Waals surface area contributed by atoms with E-state index in [2.05, 4.69) is 24.5 Å². The second-order valence-corrected chi connectivity index (χ2v) is 7.91. The maximum Gasteiger partial charge on any atom is 0.246 e. The molecular formula is C23H46N2O4. The maximum atomic E-state index is 11.8. The molecule has 6 heteroatoms. The molecule has 0 bridgehead atoms. The predicted molar refractivity (Wildman–Crippen MR) is 119 cm³/mol. The van der Waals surface area contributed by atoms with Crippen molar-refractivity contribution in [2.24, 2.45) is 0 Å². The van der Waals surface area contributed by atoms with E-state index in [0.717, 1.165) is 25.7 Å². The Hall–Kier alpha value is -1.14. The Morgan fingerprint density at radius 1 is 0.690 bits per heavy atom. The van der Waals surface area contributed by atoms with E-state index in [-0.39, 0.29) is 31.1 Å². The number of carbonyl (C=O) groups excluding carboxylic acids is 2. The molecule has 0 radical (unpaired) electrons. The first-order valence-electron chi connectivity index (χ1n) is 11.8. The van der Waals surface area contributed by atoms with Crippen LogP contribution in [0.2, 0.25) is 0 Å². The highest BCUT2D eigenvalue weighted by molar-refractivity contribution is 5.78. The molecule has 0 rings (SSSR count). The van der Waals surface area contributed by atoms with E-state index >= 15 is 0 Å². The van der Waals surface area contributed by atoms with Gasteiger partial charge in [0.05, 0.1) is 0 Å². The van der Waals surface area contributed by atoms with Crippen molar-refractivity contribution in [2.75, 3.05) is 33.0 Å². The van der Waals surface area contributed by atoms with E-state index in [0.29, 0.717) is 19.8 Å². The zero-order valence-electron chi connectivity index (χ0n) is 19.2. The van der Waals surface area contributed by atoms with E-state index in [4.69, 9.17) is 9.47 Å². The van der Waals surface area contributed by atoms with Gasteiger partial charge in [-0.2, -0.15) is 0 Å². The van der Waals surface area contributed by atoms with Crippen molar-refractivity contribution in [2.45, 2.75) is 104 Å². The molecule has 0 aliphatic carbocycles. The minimum absolute atomic E-state index is 0.0780. The van der Waals surface area contributed by atoms with E-state index < -0.39 is 0 Å². The summed E-state index contributed by atoms with van der Waals surface area (Å²) in [5.41, 5.74) is 0. The Labute approximate surface area is 178 Å². The van der Waals surface area contributed by atoms with Gasteiger partial charge in [-0.3, -0.25) is 9.59 Å². The molecule has 29 heavy (non-hydrogen) atoms. The number of amides is 2. The van der Waals surface area contributed by atoms with Crippen LogP contribution >= 0.6 is 0 Å². The first-order valence-corrected chi connectivity index (χ1v) is 11.8. The lowest BCUT2D eigenvalue weighted by Crippen LogP contribution is -2.43. The summed E-state index contributed by atoms with van der Waals surface area (Å²) in [4.78, 5) is 23.6. The summed E-state index contributed by atoms with van der Waals surface area (Å²) in [6.45, 7) is 8.08. The molecule has 2 N–H and O–H groups in total. The first-order chi connectivity index (χ1) is 14.1. The highest BCUT2D eigenvalue weighted by atomic mass is 16.5. The molecule has 0 saturated carbocycles. The van der Waals surface area contributed by atoms with Gasteiger partial charge < -0.3 is 20.1 Å². The third-order valence-electron chi connectivity index (χ3n) is 4.76. The number of ether oxygens (including phenoxy) is 2. The molecular weight excluding hydrogens is 368 g/mol. The van der Waals surface area contributed by atoms with Gasteiger partial charge in [0.15, 0.2) is 0 Å². The first kappa shape index (κ1) is 27.9. The Morgan fingerprint density at radius 2 is 1.14 bits per heavy atom. The monoisotopic (exact) mass is 414 g/mol. The van der Waals surface area contributed by atoms with Crippen LogP contribution in [0, 0.1) is 0 Å². The molecule has 0 aliphatic heterocycles. The summed E-state index contributed by atoms with van der Waals surface area (Å²) >= 11 is 0. The number of carbonyl (C=O) groups is 2. The highest BCUT2D eigenvalue weighted by Crippen LogP contribution is 2.05. The van der Waals surface area contributed by atoms with Crippen LogP contribution in [0.5, 0.6) is 0 Å². The van der Waals surface area contributed by atoms with Gasteiger partial charge in [-0.05, 0) is 19.8 Å². The van der Waals surface area contributed by atoms with Crippen LogP contribution in [-0.4, -0.2) is 50.8 Å². The lowest BCUT2D eigenvalue weighted by Gasteiger charge is -2.15. The number of rotatable bonds is 21. The topological polar surface area (TPSA) is 76.7 Å². The Bertz CT molecular complexity index is 391. The molecule has 1 unspecified atom stereocenters. The molecule has 0 aromatic heterocycles. The van der Waals surface area contributed by atoms with Gasteiger partial charge in [0.1, 0.15) is 13.2 Å². The lowest BCUT2D eigenvalue weighted by molar-refractivity contribution is -0.128. The maximum absolute atomic E-state index is 11.8. The van der Waals surface area contributed by atoms with Crippen LogP contribution in [0.4, 0.5) is 0 Å². The fraction of sp³-hybridized carbons (Fsp3) is 0.913. The van der Waals surface area contributed by atoms with E-state index in [1.165, 1.54) is 51.4 Å². The SMILES string of the molecule is CCCCCCCCOCC(=O)NCC(C)NC(=O)COCCCCCCCC. The van der Waals surface area contributed by atoms with Crippen molar-refractivity contribution in [3.63, 3.8) is 0 Å². The molecule has 1 atom stereocenters. The van der Waals surface area contributed by atoms with Gasteiger partial charge >= 0.3 is 0 Å². The van der Waals surface area contributed by atoms with Gasteiger partial charge in [0, 0.05) is 25.8 Å². The van der Waals surface area contributed by atoms with Gasteiger partial charge in [-0.15, -0.1) is 0 Å². The van der Waals surface area contributed by atoms with Crippen LogP contribution in [-0.2, 0) is 19.1 Å². The fourth-order valence-corrected chi connectivity index (χ4v) is 2.98. The summed E-state index contributed by atoms with van der Waals surface area (Å²) in [6, 6.07) is -0.136. The second kappa shape index (κ2) is 21.6. The number of hydrogen-bond donors (Lipinski definition) is 2. The minimum atomic E-state index is -0.142. The van der Waals surface area contributed by atoms with Crippen molar-refractivity contribution in [1.29, 1.82) is 0 Å².